The van der Waals surface area contributed by atoms with E-state index in [1.165, 1.54) is 0 Å². The predicted molar refractivity (Wildman–Crippen MR) is 72.7 cm³/mol. The second kappa shape index (κ2) is 5.93. The number of hydrogen-bond donors (Lipinski definition) is 2. The van der Waals surface area contributed by atoms with Gasteiger partial charge >= 0.3 is 6.03 Å². The van der Waals surface area contributed by atoms with Gasteiger partial charge in [-0.25, -0.2) is 4.79 Å². The summed E-state index contributed by atoms with van der Waals surface area (Å²) >= 11 is 1.93. The van der Waals surface area contributed by atoms with Crippen molar-refractivity contribution >= 4 is 23.7 Å². The Bertz CT molecular complexity index is 333. The van der Waals surface area contributed by atoms with Crippen LogP contribution in [-0.2, 0) is 4.79 Å². The molecule has 6 heteroatoms. The fourth-order valence-electron chi connectivity index (χ4n) is 2.02. The van der Waals surface area contributed by atoms with Gasteiger partial charge in [0.2, 0.25) is 5.91 Å². The van der Waals surface area contributed by atoms with Crippen LogP contribution in [0.2, 0.25) is 0 Å². The Hall–Kier alpha value is -0.750. The van der Waals surface area contributed by atoms with Gasteiger partial charge in [0.15, 0.2) is 0 Å². The standard InChI is InChI=1S/C12H21N3O2S/c1-8-9(2)18-6-5-15(8)7-11(16)14-12(17)13-10-3-4-10/h8-10H,3-7H2,1-2H3,(H2,13,14,16,17). The molecule has 2 fully saturated rings. The van der Waals surface area contributed by atoms with Crippen LogP contribution in [0.5, 0.6) is 0 Å². The Labute approximate surface area is 112 Å². The quantitative estimate of drug-likeness (QED) is 0.797. The lowest BCUT2D eigenvalue weighted by molar-refractivity contribution is -0.121. The van der Waals surface area contributed by atoms with Crippen molar-refractivity contribution in [3.05, 3.63) is 0 Å². The number of carbonyl (C=O) groups excluding carboxylic acids is 2. The third-order valence-electron chi connectivity index (χ3n) is 3.53. The maximum atomic E-state index is 11.8. The molecule has 1 heterocycles. The van der Waals surface area contributed by atoms with Crippen LogP contribution < -0.4 is 10.6 Å². The Morgan fingerprint density at radius 3 is 2.72 bits per heavy atom. The first-order valence-corrected chi connectivity index (χ1v) is 7.57. The van der Waals surface area contributed by atoms with Gasteiger partial charge in [0.05, 0.1) is 6.54 Å². The molecule has 2 N–H and O–H groups in total. The maximum Gasteiger partial charge on any atom is 0.321 e. The second-order valence-electron chi connectivity index (χ2n) is 5.08. The van der Waals surface area contributed by atoms with Crippen molar-refractivity contribution in [2.24, 2.45) is 0 Å². The van der Waals surface area contributed by atoms with E-state index in [9.17, 15) is 9.59 Å². The summed E-state index contributed by atoms with van der Waals surface area (Å²) in [7, 11) is 0. The fraction of sp³-hybridized carbons (Fsp3) is 0.833. The zero-order valence-corrected chi connectivity index (χ0v) is 11.8. The van der Waals surface area contributed by atoms with Crippen LogP contribution in [0.25, 0.3) is 0 Å². The Morgan fingerprint density at radius 2 is 2.06 bits per heavy atom. The molecule has 0 radical (unpaired) electrons. The number of nitrogens with zero attached hydrogens (tertiary/aromatic N) is 1. The Kier molecular flexibility index (Phi) is 4.50. The largest absolute Gasteiger partial charge is 0.335 e. The molecule has 1 aliphatic carbocycles. The second-order valence-corrected chi connectivity index (χ2v) is 6.57. The van der Waals surface area contributed by atoms with Gasteiger partial charge in [-0.1, -0.05) is 6.92 Å². The van der Waals surface area contributed by atoms with Crippen molar-refractivity contribution in [3.63, 3.8) is 0 Å². The van der Waals surface area contributed by atoms with Crippen molar-refractivity contribution in [1.82, 2.24) is 15.5 Å². The molecule has 102 valence electrons. The molecule has 1 saturated heterocycles. The van der Waals surface area contributed by atoms with Gasteiger partial charge in [0.1, 0.15) is 0 Å². The van der Waals surface area contributed by atoms with E-state index in [0.717, 1.165) is 25.1 Å². The van der Waals surface area contributed by atoms with E-state index in [4.69, 9.17) is 0 Å². The van der Waals surface area contributed by atoms with E-state index < -0.39 is 0 Å². The van der Waals surface area contributed by atoms with Gasteiger partial charge in [0.25, 0.3) is 0 Å². The number of hydrogen-bond acceptors (Lipinski definition) is 4. The minimum atomic E-state index is -0.352. The van der Waals surface area contributed by atoms with Crippen molar-refractivity contribution < 1.29 is 9.59 Å². The summed E-state index contributed by atoms with van der Waals surface area (Å²) in [5, 5.41) is 5.68. The third kappa shape index (κ3) is 3.88. The zero-order chi connectivity index (χ0) is 13.1. The number of carbonyl (C=O) groups is 2. The van der Waals surface area contributed by atoms with E-state index >= 15 is 0 Å². The van der Waals surface area contributed by atoms with Gasteiger partial charge < -0.3 is 5.32 Å². The van der Waals surface area contributed by atoms with Gasteiger partial charge in [-0.3, -0.25) is 15.0 Å². The Morgan fingerprint density at radius 1 is 1.33 bits per heavy atom. The summed E-state index contributed by atoms with van der Waals surface area (Å²) < 4.78 is 0. The van der Waals surface area contributed by atoms with Crippen LogP contribution in [0.1, 0.15) is 26.7 Å². The van der Waals surface area contributed by atoms with Gasteiger partial charge in [-0.05, 0) is 19.8 Å². The van der Waals surface area contributed by atoms with Crippen LogP contribution in [0.15, 0.2) is 0 Å². The number of nitrogens with one attached hydrogen (secondary N) is 2. The molecule has 2 aliphatic rings. The molecule has 1 aliphatic heterocycles. The van der Waals surface area contributed by atoms with E-state index in [-0.39, 0.29) is 18.0 Å². The van der Waals surface area contributed by atoms with E-state index in [0.29, 0.717) is 17.8 Å². The molecule has 0 spiro atoms. The molecule has 2 rings (SSSR count). The minimum Gasteiger partial charge on any atom is -0.335 e. The summed E-state index contributed by atoms with van der Waals surface area (Å²) in [6, 6.07) is 0.304. The number of thioether (sulfide) groups is 1. The lowest BCUT2D eigenvalue weighted by Gasteiger charge is -2.36. The van der Waals surface area contributed by atoms with Crippen LogP contribution in [0.3, 0.4) is 0 Å². The third-order valence-corrected chi connectivity index (χ3v) is 4.86. The molecule has 0 bridgehead atoms. The van der Waals surface area contributed by atoms with Crippen LogP contribution >= 0.6 is 11.8 Å². The number of amides is 3. The smallest absolute Gasteiger partial charge is 0.321 e. The van der Waals surface area contributed by atoms with Crippen molar-refractivity contribution in [3.8, 4) is 0 Å². The van der Waals surface area contributed by atoms with Crippen molar-refractivity contribution in [2.75, 3.05) is 18.8 Å². The van der Waals surface area contributed by atoms with Crippen molar-refractivity contribution in [2.45, 2.75) is 44.0 Å². The zero-order valence-electron chi connectivity index (χ0n) is 10.9. The highest BCUT2D eigenvalue weighted by Gasteiger charge is 2.28. The molecule has 0 aromatic carbocycles. The molecule has 0 aromatic rings. The Balaban J connectivity index is 1.73. The molecule has 3 amide bonds. The molecular formula is C12H21N3O2S. The molecule has 18 heavy (non-hydrogen) atoms. The minimum absolute atomic E-state index is 0.209. The fourth-order valence-corrected chi connectivity index (χ4v) is 3.18. The summed E-state index contributed by atoms with van der Waals surface area (Å²) in [6.07, 6.45) is 2.05. The first-order chi connectivity index (χ1) is 8.56. The monoisotopic (exact) mass is 271 g/mol. The first kappa shape index (κ1) is 13.7. The predicted octanol–water partition coefficient (Wildman–Crippen LogP) is 0.800. The summed E-state index contributed by atoms with van der Waals surface area (Å²) in [4.78, 5) is 25.3. The molecule has 1 saturated carbocycles. The molecule has 2 unspecified atom stereocenters. The van der Waals surface area contributed by atoms with E-state index in [2.05, 4.69) is 29.4 Å². The van der Waals surface area contributed by atoms with Crippen LogP contribution in [0, 0.1) is 0 Å². The highest BCUT2D eigenvalue weighted by molar-refractivity contribution is 8.00. The van der Waals surface area contributed by atoms with Crippen LogP contribution in [-0.4, -0.2) is 53.0 Å². The van der Waals surface area contributed by atoms with Gasteiger partial charge in [0, 0.05) is 29.6 Å². The van der Waals surface area contributed by atoms with Crippen molar-refractivity contribution in [1.29, 1.82) is 0 Å². The molecule has 5 nitrogen and oxygen atoms in total. The van der Waals surface area contributed by atoms with E-state index in [1.54, 1.807) is 0 Å². The SMILES string of the molecule is CC1SCCN(CC(=O)NC(=O)NC2CC2)C1C. The van der Waals surface area contributed by atoms with E-state index in [1.807, 2.05) is 11.8 Å². The average molecular weight is 271 g/mol. The number of imide groups is 1. The highest BCUT2D eigenvalue weighted by Crippen LogP contribution is 2.23. The number of rotatable bonds is 3. The lowest BCUT2D eigenvalue weighted by Crippen LogP contribution is -2.51. The summed E-state index contributed by atoms with van der Waals surface area (Å²) in [5.41, 5.74) is 0. The van der Waals surface area contributed by atoms with Gasteiger partial charge in [-0.2, -0.15) is 11.8 Å². The summed E-state index contributed by atoms with van der Waals surface area (Å²) in [6.45, 7) is 5.53. The molecule has 2 atom stereocenters. The van der Waals surface area contributed by atoms with Crippen LogP contribution in [0.4, 0.5) is 4.79 Å². The summed E-state index contributed by atoms with van der Waals surface area (Å²) in [5.74, 6) is 0.840. The molecule has 0 aromatic heterocycles. The topological polar surface area (TPSA) is 61.4 Å². The molecular weight excluding hydrogens is 250 g/mol. The van der Waals surface area contributed by atoms with Gasteiger partial charge in [-0.15, -0.1) is 0 Å². The number of urea groups is 1. The highest BCUT2D eigenvalue weighted by atomic mass is 32.2. The normalized spacial score (nSPS) is 28.8. The first-order valence-electron chi connectivity index (χ1n) is 6.52. The lowest BCUT2D eigenvalue weighted by atomic mass is 10.2. The average Bonchev–Trinajstić information content (AvgIpc) is 3.08. The maximum absolute atomic E-state index is 11.8.